The highest BCUT2D eigenvalue weighted by molar-refractivity contribution is 5.75. The minimum absolute atomic E-state index is 0.439. The van der Waals surface area contributed by atoms with Crippen molar-refractivity contribution in [2.45, 2.75) is 19.4 Å². The quantitative estimate of drug-likeness (QED) is 0.884. The lowest BCUT2D eigenvalue weighted by atomic mass is 10.2. The molecule has 6 heteroatoms. The lowest BCUT2D eigenvalue weighted by Crippen LogP contribution is -2.46. The van der Waals surface area contributed by atoms with Gasteiger partial charge in [-0.25, -0.2) is 9.78 Å². The second-order valence-electron chi connectivity index (χ2n) is 5.45. The third-order valence-corrected chi connectivity index (χ3v) is 3.78. The number of benzene rings is 1. The molecular weight excluding hydrogens is 270 g/mol. The first kappa shape index (κ1) is 14.0. The van der Waals surface area contributed by atoms with E-state index in [4.69, 9.17) is 9.84 Å². The van der Waals surface area contributed by atoms with Crippen LogP contribution >= 0.6 is 0 Å². The third kappa shape index (κ3) is 3.22. The van der Waals surface area contributed by atoms with Crippen LogP contribution in [0.1, 0.15) is 11.4 Å². The smallest absolute Gasteiger partial charge is 0.334 e. The van der Waals surface area contributed by atoms with E-state index in [2.05, 4.69) is 27.9 Å². The molecule has 0 aliphatic carbocycles. The number of nitrogens with one attached hydrogen (secondary N) is 1. The number of hydrogen-bond donors (Lipinski definition) is 2. The van der Waals surface area contributed by atoms with E-state index in [0.717, 1.165) is 36.4 Å². The fourth-order valence-electron chi connectivity index (χ4n) is 2.61. The molecule has 0 radical (unpaired) electrons. The molecule has 1 fully saturated rings. The Labute approximate surface area is 122 Å². The average molecular weight is 289 g/mol. The van der Waals surface area contributed by atoms with Gasteiger partial charge in [0.1, 0.15) is 5.82 Å². The van der Waals surface area contributed by atoms with E-state index < -0.39 is 12.1 Å². The van der Waals surface area contributed by atoms with E-state index in [-0.39, 0.29) is 0 Å². The van der Waals surface area contributed by atoms with Gasteiger partial charge in [0.15, 0.2) is 6.10 Å². The molecule has 6 nitrogen and oxygen atoms in total. The van der Waals surface area contributed by atoms with Crippen molar-refractivity contribution in [2.24, 2.45) is 0 Å². The van der Waals surface area contributed by atoms with Crippen molar-refractivity contribution in [3.63, 3.8) is 0 Å². The number of H-pyrrole nitrogens is 1. The van der Waals surface area contributed by atoms with E-state index in [0.29, 0.717) is 13.2 Å². The summed E-state index contributed by atoms with van der Waals surface area (Å²) in [6.07, 6.45) is 0.0668. The molecule has 2 N–H and O–H groups in total. The van der Waals surface area contributed by atoms with Gasteiger partial charge in [0.2, 0.25) is 0 Å². The van der Waals surface area contributed by atoms with Crippen molar-refractivity contribution >= 4 is 17.0 Å². The number of carbonyl (C=O) groups is 1. The predicted octanol–water partition coefficient (Wildman–Crippen LogP) is 1.20. The van der Waals surface area contributed by atoms with Crippen molar-refractivity contribution in [2.75, 3.05) is 26.2 Å². The van der Waals surface area contributed by atoms with Crippen LogP contribution < -0.4 is 0 Å². The molecular formula is C15H19N3O3. The molecule has 1 aliphatic heterocycles. The number of ether oxygens (including phenoxy) is 1. The molecule has 112 valence electrons. The predicted molar refractivity (Wildman–Crippen MR) is 78.4 cm³/mol. The van der Waals surface area contributed by atoms with Crippen LogP contribution in [0.4, 0.5) is 0 Å². The summed E-state index contributed by atoms with van der Waals surface area (Å²) in [6.45, 7) is 4.51. The summed E-state index contributed by atoms with van der Waals surface area (Å²) in [5.74, 6) is 0.0490. The number of aromatic nitrogens is 2. The summed E-state index contributed by atoms with van der Waals surface area (Å²) in [4.78, 5) is 21.0. The van der Waals surface area contributed by atoms with E-state index in [9.17, 15) is 4.79 Å². The Kier molecular flexibility index (Phi) is 3.90. The summed E-state index contributed by atoms with van der Waals surface area (Å²) in [6, 6.07) is 6.15. The minimum atomic E-state index is -0.890. The molecule has 0 amide bonds. The Morgan fingerprint density at radius 3 is 3.24 bits per heavy atom. The second kappa shape index (κ2) is 5.83. The van der Waals surface area contributed by atoms with Gasteiger partial charge in [-0.3, -0.25) is 4.90 Å². The number of imidazole rings is 1. The number of aromatic amines is 1. The summed E-state index contributed by atoms with van der Waals surface area (Å²) in [5, 5.41) is 8.99. The Morgan fingerprint density at radius 2 is 2.43 bits per heavy atom. The number of aryl methyl sites for hydroxylation is 1. The van der Waals surface area contributed by atoms with Crippen LogP contribution in [0.2, 0.25) is 0 Å². The van der Waals surface area contributed by atoms with Gasteiger partial charge in [-0.15, -0.1) is 0 Å². The number of hydrogen-bond acceptors (Lipinski definition) is 4. The van der Waals surface area contributed by atoms with Gasteiger partial charge < -0.3 is 14.8 Å². The summed E-state index contributed by atoms with van der Waals surface area (Å²) in [7, 11) is 0. The molecule has 1 aromatic carbocycles. The van der Waals surface area contributed by atoms with Crippen molar-refractivity contribution < 1.29 is 14.6 Å². The van der Waals surface area contributed by atoms with Crippen molar-refractivity contribution in [1.82, 2.24) is 14.9 Å². The minimum Gasteiger partial charge on any atom is -0.479 e. The van der Waals surface area contributed by atoms with Gasteiger partial charge >= 0.3 is 5.97 Å². The molecule has 21 heavy (non-hydrogen) atoms. The van der Waals surface area contributed by atoms with Gasteiger partial charge in [0.25, 0.3) is 0 Å². The topological polar surface area (TPSA) is 78.5 Å². The summed E-state index contributed by atoms with van der Waals surface area (Å²) >= 11 is 0. The zero-order chi connectivity index (χ0) is 14.8. The van der Waals surface area contributed by atoms with Crippen molar-refractivity contribution in [1.29, 1.82) is 0 Å². The first-order chi connectivity index (χ1) is 10.1. The fraction of sp³-hybridized carbons (Fsp3) is 0.467. The Hall–Kier alpha value is -1.92. The van der Waals surface area contributed by atoms with E-state index in [1.165, 1.54) is 5.56 Å². The van der Waals surface area contributed by atoms with Gasteiger partial charge in [0, 0.05) is 26.1 Å². The SMILES string of the molecule is Cc1ccc2nc(CCN3CCOC(C(=O)O)C3)[nH]c2c1. The summed E-state index contributed by atoms with van der Waals surface area (Å²) < 4.78 is 5.22. The van der Waals surface area contributed by atoms with Crippen LogP contribution in [0.25, 0.3) is 11.0 Å². The Bertz CT molecular complexity index is 653. The number of rotatable bonds is 4. The highest BCUT2D eigenvalue weighted by Gasteiger charge is 2.25. The lowest BCUT2D eigenvalue weighted by molar-refractivity contribution is -0.155. The molecule has 1 saturated heterocycles. The van der Waals surface area contributed by atoms with Crippen LogP contribution in [0, 0.1) is 6.92 Å². The van der Waals surface area contributed by atoms with Crippen LogP contribution in [-0.2, 0) is 16.0 Å². The Balaban J connectivity index is 1.62. The number of aliphatic carboxylic acids is 1. The number of nitrogens with zero attached hydrogens (tertiary/aromatic N) is 2. The normalized spacial score (nSPS) is 20.0. The molecule has 2 heterocycles. The average Bonchev–Trinajstić information content (AvgIpc) is 2.87. The zero-order valence-corrected chi connectivity index (χ0v) is 12.0. The van der Waals surface area contributed by atoms with Gasteiger partial charge in [-0.2, -0.15) is 0 Å². The lowest BCUT2D eigenvalue weighted by Gasteiger charge is -2.30. The number of morpholine rings is 1. The maximum absolute atomic E-state index is 11.0. The molecule has 1 atom stereocenters. The largest absolute Gasteiger partial charge is 0.479 e. The standard InChI is InChI=1S/C15H19N3O3/c1-10-2-3-11-12(8-10)17-14(16-11)4-5-18-6-7-21-13(9-18)15(19)20/h2-3,8,13H,4-7,9H2,1H3,(H,16,17)(H,19,20). The van der Waals surface area contributed by atoms with E-state index in [1.807, 2.05) is 12.1 Å². The highest BCUT2D eigenvalue weighted by Crippen LogP contribution is 2.14. The second-order valence-corrected chi connectivity index (χ2v) is 5.45. The maximum atomic E-state index is 11.0. The van der Waals surface area contributed by atoms with Gasteiger partial charge in [-0.1, -0.05) is 6.07 Å². The van der Waals surface area contributed by atoms with Crippen molar-refractivity contribution in [3.8, 4) is 0 Å². The number of carboxylic acids is 1. The van der Waals surface area contributed by atoms with E-state index >= 15 is 0 Å². The van der Waals surface area contributed by atoms with Crippen LogP contribution in [-0.4, -0.2) is 58.3 Å². The van der Waals surface area contributed by atoms with Crippen LogP contribution in [0.5, 0.6) is 0 Å². The number of carboxylic acid groups (broad SMARTS) is 1. The molecule has 0 spiro atoms. The Morgan fingerprint density at radius 1 is 1.57 bits per heavy atom. The summed E-state index contributed by atoms with van der Waals surface area (Å²) in [5.41, 5.74) is 3.23. The van der Waals surface area contributed by atoms with Gasteiger partial charge in [-0.05, 0) is 24.6 Å². The maximum Gasteiger partial charge on any atom is 0.334 e. The first-order valence-corrected chi connectivity index (χ1v) is 7.14. The molecule has 1 aliphatic rings. The van der Waals surface area contributed by atoms with Crippen molar-refractivity contribution in [3.05, 3.63) is 29.6 Å². The molecule has 2 aromatic rings. The van der Waals surface area contributed by atoms with Crippen LogP contribution in [0.15, 0.2) is 18.2 Å². The molecule has 1 aromatic heterocycles. The monoisotopic (exact) mass is 289 g/mol. The fourth-order valence-corrected chi connectivity index (χ4v) is 2.61. The van der Waals surface area contributed by atoms with Crippen LogP contribution in [0.3, 0.4) is 0 Å². The highest BCUT2D eigenvalue weighted by atomic mass is 16.5. The molecule has 3 rings (SSSR count). The number of fused-ring (bicyclic) bond motifs is 1. The molecule has 1 unspecified atom stereocenters. The first-order valence-electron chi connectivity index (χ1n) is 7.14. The molecule has 0 saturated carbocycles. The van der Waals surface area contributed by atoms with Gasteiger partial charge in [0.05, 0.1) is 17.6 Å². The van der Waals surface area contributed by atoms with E-state index in [1.54, 1.807) is 0 Å². The zero-order valence-electron chi connectivity index (χ0n) is 12.0. The third-order valence-electron chi connectivity index (χ3n) is 3.78. The molecule has 0 bridgehead atoms.